The zero-order chi connectivity index (χ0) is 22.0. The van der Waals surface area contributed by atoms with Gasteiger partial charge in [-0.15, -0.1) is 0 Å². The van der Waals surface area contributed by atoms with E-state index in [2.05, 4.69) is 9.88 Å². The van der Waals surface area contributed by atoms with Crippen LogP contribution >= 0.6 is 0 Å². The standard InChI is InChI=1S/C24H34N4O3/c1-24(2,3)31-23(30)28-14-8-17(9-15-28)16-27-12-10-18(11-13-27)21-25-20-7-5-4-6-19(20)22(29)26-21/h4-7,17-18H,8-16H2,1-3H3,(H,25,26,29). The van der Waals surface area contributed by atoms with E-state index in [4.69, 9.17) is 9.72 Å². The molecule has 168 valence electrons. The van der Waals surface area contributed by atoms with Crippen LogP contribution in [0.4, 0.5) is 4.79 Å². The summed E-state index contributed by atoms with van der Waals surface area (Å²) in [6, 6.07) is 7.53. The number of benzene rings is 1. The molecule has 7 nitrogen and oxygen atoms in total. The zero-order valence-electron chi connectivity index (χ0n) is 18.9. The lowest BCUT2D eigenvalue weighted by Gasteiger charge is -2.37. The number of ether oxygens (including phenoxy) is 1. The Kier molecular flexibility index (Phi) is 6.32. The summed E-state index contributed by atoms with van der Waals surface area (Å²) in [4.78, 5) is 36.7. The maximum atomic E-state index is 12.4. The van der Waals surface area contributed by atoms with Crippen molar-refractivity contribution in [3.63, 3.8) is 0 Å². The highest BCUT2D eigenvalue weighted by molar-refractivity contribution is 5.77. The summed E-state index contributed by atoms with van der Waals surface area (Å²) in [6.45, 7) is 10.4. The molecule has 0 spiro atoms. The molecular formula is C24H34N4O3. The molecule has 0 radical (unpaired) electrons. The molecule has 1 N–H and O–H groups in total. The van der Waals surface area contributed by atoms with E-state index >= 15 is 0 Å². The lowest BCUT2D eigenvalue weighted by atomic mass is 9.92. The number of aromatic amines is 1. The highest BCUT2D eigenvalue weighted by atomic mass is 16.6. The van der Waals surface area contributed by atoms with Crippen LogP contribution in [0, 0.1) is 5.92 Å². The van der Waals surface area contributed by atoms with Gasteiger partial charge in [0.2, 0.25) is 0 Å². The predicted octanol–water partition coefficient (Wildman–Crippen LogP) is 3.75. The molecule has 2 aliphatic rings. The molecule has 0 aliphatic carbocycles. The van der Waals surface area contributed by atoms with Crippen LogP contribution in [0.15, 0.2) is 29.1 Å². The smallest absolute Gasteiger partial charge is 0.410 e. The number of fused-ring (bicyclic) bond motifs is 1. The molecule has 31 heavy (non-hydrogen) atoms. The Hall–Kier alpha value is -2.41. The minimum absolute atomic E-state index is 0.0419. The Balaban J connectivity index is 1.26. The van der Waals surface area contributed by atoms with E-state index in [9.17, 15) is 9.59 Å². The summed E-state index contributed by atoms with van der Waals surface area (Å²) in [7, 11) is 0. The van der Waals surface area contributed by atoms with Crippen molar-refractivity contribution in [3.8, 4) is 0 Å². The maximum absolute atomic E-state index is 12.4. The molecular weight excluding hydrogens is 392 g/mol. The molecule has 2 saturated heterocycles. The first kappa shape index (κ1) is 21.8. The summed E-state index contributed by atoms with van der Waals surface area (Å²) < 4.78 is 5.50. The number of likely N-dealkylation sites (tertiary alicyclic amines) is 2. The zero-order valence-corrected chi connectivity index (χ0v) is 18.9. The first-order valence-corrected chi connectivity index (χ1v) is 11.5. The van der Waals surface area contributed by atoms with Gasteiger partial charge in [0.25, 0.3) is 5.56 Å². The first-order chi connectivity index (χ1) is 14.8. The van der Waals surface area contributed by atoms with E-state index in [0.29, 0.717) is 17.2 Å². The molecule has 2 aliphatic heterocycles. The van der Waals surface area contributed by atoms with Crippen LogP contribution in [-0.2, 0) is 4.74 Å². The normalized spacial score (nSPS) is 19.6. The van der Waals surface area contributed by atoms with Crippen molar-refractivity contribution in [3.05, 3.63) is 40.4 Å². The number of nitrogens with zero attached hydrogens (tertiary/aromatic N) is 3. The molecule has 0 atom stereocenters. The summed E-state index contributed by atoms with van der Waals surface area (Å²) >= 11 is 0. The van der Waals surface area contributed by atoms with E-state index in [-0.39, 0.29) is 11.7 Å². The van der Waals surface area contributed by atoms with Crippen molar-refractivity contribution < 1.29 is 9.53 Å². The number of hydrogen-bond donors (Lipinski definition) is 1. The van der Waals surface area contributed by atoms with Crippen molar-refractivity contribution in [2.24, 2.45) is 5.92 Å². The van der Waals surface area contributed by atoms with E-state index in [1.165, 1.54) is 0 Å². The van der Waals surface area contributed by atoms with E-state index < -0.39 is 5.60 Å². The fraction of sp³-hybridized carbons (Fsp3) is 0.625. The van der Waals surface area contributed by atoms with Gasteiger partial charge in [0.05, 0.1) is 10.9 Å². The number of carbonyl (C=O) groups excluding carboxylic acids is 1. The Morgan fingerprint density at radius 3 is 2.45 bits per heavy atom. The van der Waals surface area contributed by atoms with Crippen molar-refractivity contribution in [1.82, 2.24) is 19.8 Å². The summed E-state index contributed by atoms with van der Waals surface area (Å²) in [5.41, 5.74) is 0.294. The number of hydrogen-bond acceptors (Lipinski definition) is 5. The van der Waals surface area contributed by atoms with Gasteiger partial charge in [-0.1, -0.05) is 12.1 Å². The van der Waals surface area contributed by atoms with Gasteiger partial charge in [-0.25, -0.2) is 9.78 Å². The summed E-state index contributed by atoms with van der Waals surface area (Å²) in [6.07, 6.45) is 3.89. The molecule has 2 fully saturated rings. The summed E-state index contributed by atoms with van der Waals surface area (Å²) in [5.74, 6) is 1.76. The molecule has 1 aromatic heterocycles. The number of piperidine rings is 2. The van der Waals surface area contributed by atoms with E-state index in [1.807, 2.05) is 49.9 Å². The van der Waals surface area contributed by atoms with Crippen molar-refractivity contribution in [1.29, 1.82) is 0 Å². The van der Waals surface area contributed by atoms with Crippen LogP contribution in [0.2, 0.25) is 0 Å². The first-order valence-electron chi connectivity index (χ1n) is 11.5. The fourth-order valence-corrected chi connectivity index (χ4v) is 4.68. The second kappa shape index (κ2) is 8.99. The average molecular weight is 427 g/mol. The number of aromatic nitrogens is 2. The van der Waals surface area contributed by atoms with Gasteiger partial charge >= 0.3 is 6.09 Å². The molecule has 0 unspecified atom stereocenters. The van der Waals surface area contributed by atoms with Crippen LogP contribution in [0.5, 0.6) is 0 Å². The Labute approximate surface area is 183 Å². The van der Waals surface area contributed by atoms with Gasteiger partial charge in [-0.3, -0.25) is 4.79 Å². The van der Waals surface area contributed by atoms with Crippen molar-refractivity contribution in [2.75, 3.05) is 32.7 Å². The highest BCUT2D eigenvalue weighted by Gasteiger charge is 2.29. The number of amides is 1. The predicted molar refractivity (Wildman–Crippen MR) is 121 cm³/mol. The molecule has 1 aromatic carbocycles. The topological polar surface area (TPSA) is 78.5 Å². The largest absolute Gasteiger partial charge is 0.444 e. The summed E-state index contributed by atoms with van der Waals surface area (Å²) in [5, 5.41) is 0.654. The van der Waals surface area contributed by atoms with E-state index in [0.717, 1.165) is 69.7 Å². The van der Waals surface area contributed by atoms with Gasteiger partial charge in [0, 0.05) is 25.6 Å². The lowest BCUT2D eigenvalue weighted by molar-refractivity contribution is 0.0165. The highest BCUT2D eigenvalue weighted by Crippen LogP contribution is 2.28. The lowest BCUT2D eigenvalue weighted by Crippen LogP contribution is -2.44. The number of para-hydroxylation sites is 1. The monoisotopic (exact) mass is 426 g/mol. The maximum Gasteiger partial charge on any atom is 0.410 e. The third-order valence-corrected chi connectivity index (χ3v) is 6.39. The average Bonchev–Trinajstić information content (AvgIpc) is 2.73. The quantitative estimate of drug-likeness (QED) is 0.809. The Bertz CT molecular complexity index is 965. The molecule has 1 amide bonds. The van der Waals surface area contributed by atoms with Crippen molar-refractivity contribution in [2.45, 2.75) is 58.0 Å². The molecule has 4 rings (SSSR count). The fourth-order valence-electron chi connectivity index (χ4n) is 4.68. The molecule has 7 heteroatoms. The number of rotatable bonds is 3. The molecule has 2 aromatic rings. The Morgan fingerprint density at radius 1 is 1.10 bits per heavy atom. The van der Waals surface area contributed by atoms with Gasteiger partial charge in [0.15, 0.2) is 0 Å². The minimum Gasteiger partial charge on any atom is -0.444 e. The van der Waals surface area contributed by atoms with Gasteiger partial charge in [0.1, 0.15) is 11.4 Å². The third kappa shape index (κ3) is 5.45. The van der Waals surface area contributed by atoms with Crippen LogP contribution in [0.3, 0.4) is 0 Å². The van der Waals surface area contributed by atoms with Gasteiger partial charge in [-0.05, 0) is 77.6 Å². The molecule has 3 heterocycles. The van der Waals surface area contributed by atoms with Crippen molar-refractivity contribution >= 4 is 17.0 Å². The number of nitrogens with one attached hydrogen (secondary N) is 1. The minimum atomic E-state index is -0.442. The molecule has 0 bridgehead atoms. The number of H-pyrrole nitrogens is 1. The van der Waals surface area contributed by atoms with Gasteiger partial charge in [-0.2, -0.15) is 0 Å². The van der Waals surface area contributed by atoms with Crippen LogP contribution in [0.25, 0.3) is 10.9 Å². The van der Waals surface area contributed by atoms with Crippen LogP contribution < -0.4 is 5.56 Å². The van der Waals surface area contributed by atoms with Gasteiger partial charge < -0.3 is 19.5 Å². The Morgan fingerprint density at radius 2 is 1.77 bits per heavy atom. The third-order valence-electron chi connectivity index (χ3n) is 6.39. The van der Waals surface area contributed by atoms with Crippen LogP contribution in [0.1, 0.15) is 58.2 Å². The second-order valence-corrected chi connectivity index (χ2v) is 9.95. The van der Waals surface area contributed by atoms with Crippen LogP contribution in [-0.4, -0.2) is 64.2 Å². The second-order valence-electron chi connectivity index (χ2n) is 9.95. The van der Waals surface area contributed by atoms with E-state index in [1.54, 1.807) is 0 Å². The SMILES string of the molecule is CC(C)(C)OC(=O)N1CCC(CN2CCC(c3nc4ccccc4c(=O)[nH]3)CC2)CC1. The molecule has 0 saturated carbocycles. The number of carbonyl (C=O) groups is 1.